The van der Waals surface area contributed by atoms with E-state index in [9.17, 15) is 0 Å². The number of anilines is 1. The Balaban J connectivity index is 1.04. The third kappa shape index (κ3) is 3.63. The largest absolute Gasteiger partial charge is 0.453 e. The Labute approximate surface area is 306 Å². The summed E-state index contributed by atoms with van der Waals surface area (Å²) in [6.07, 6.45) is 18.9. The molecule has 5 aliphatic rings. The van der Waals surface area contributed by atoms with E-state index in [-0.39, 0.29) is 11.5 Å². The summed E-state index contributed by atoms with van der Waals surface area (Å²) in [4.78, 5) is 9.22. The molecule has 12 rings (SSSR count). The Morgan fingerprint density at radius 1 is 0.731 bits per heavy atom. The predicted octanol–water partition coefficient (Wildman–Crippen LogP) is 11.8. The maximum atomic E-state index is 6.39. The molecule has 0 saturated carbocycles. The standard InChI is InChI=1S/C48H34N2OS/c1-50-40(28-11-3-2-4-12-28)24-26-42-46(50)45-41(51-42)25-23-39(49-45)29-19-20-31-30-13-5-8-16-35(30)48(38(31)27-29)36-17-9-6-15-34(36)44-37(48)22-21-33-32-14-7-10-18-43(32)52-47(33)44/h2-27,30,35,37,40,44H,1H3/t30-,35?,37?,40?,44?,48?/m0/s1. The summed E-state index contributed by atoms with van der Waals surface area (Å²) in [5.74, 6) is 2.13. The van der Waals surface area contributed by atoms with E-state index < -0.39 is 0 Å². The molecule has 5 unspecified atom stereocenters. The van der Waals surface area contributed by atoms with E-state index in [2.05, 4.69) is 170 Å². The number of rotatable bonds is 2. The highest BCUT2D eigenvalue weighted by atomic mass is 32.1. The minimum atomic E-state index is -0.199. The van der Waals surface area contributed by atoms with Gasteiger partial charge in [-0.25, -0.2) is 4.98 Å². The first-order valence-corrected chi connectivity index (χ1v) is 19.2. The lowest BCUT2D eigenvalue weighted by atomic mass is 9.61. The predicted molar refractivity (Wildman–Crippen MR) is 214 cm³/mol. The molecule has 0 bridgehead atoms. The molecule has 0 fully saturated rings. The van der Waals surface area contributed by atoms with Gasteiger partial charge in [-0.05, 0) is 69.1 Å². The highest BCUT2D eigenvalue weighted by Gasteiger charge is 2.62. The normalized spacial score (nSPS) is 25.7. The van der Waals surface area contributed by atoms with Crippen molar-refractivity contribution in [3.05, 3.63) is 190 Å². The van der Waals surface area contributed by atoms with Crippen molar-refractivity contribution in [2.24, 2.45) is 11.8 Å². The molecule has 4 aliphatic carbocycles. The van der Waals surface area contributed by atoms with Gasteiger partial charge in [0, 0.05) is 51.3 Å². The molecule has 248 valence electrons. The number of benzene rings is 4. The van der Waals surface area contributed by atoms with E-state index in [0.717, 1.165) is 33.8 Å². The average Bonchev–Trinajstić information content (AvgIpc) is 3.93. The first kappa shape index (κ1) is 28.9. The Bertz CT molecular complexity index is 2760. The van der Waals surface area contributed by atoms with E-state index >= 15 is 0 Å². The molecular formula is C48H34N2OS. The van der Waals surface area contributed by atoms with Gasteiger partial charge in [-0.15, -0.1) is 11.3 Å². The SMILES string of the molecule is CN1c2c(oc3ccc(-c4ccc5c(c4)C4(c6ccccc6C6c7sc8ccccc8c7C=CC64)C4C=CC=C[C@@H]54)nc23)C=CC1c1ccccc1. The molecule has 4 aromatic carbocycles. The van der Waals surface area contributed by atoms with Crippen LogP contribution in [0.2, 0.25) is 0 Å². The second-order valence-corrected chi connectivity index (χ2v) is 16.1. The van der Waals surface area contributed by atoms with E-state index in [1.807, 2.05) is 11.3 Å². The molecule has 1 aliphatic heterocycles. The van der Waals surface area contributed by atoms with Gasteiger partial charge in [0.05, 0.1) is 11.7 Å². The lowest BCUT2D eigenvalue weighted by Gasteiger charge is -2.41. The van der Waals surface area contributed by atoms with Crippen LogP contribution in [-0.4, -0.2) is 12.0 Å². The number of hydrogen-bond acceptors (Lipinski definition) is 4. The van der Waals surface area contributed by atoms with Crippen molar-refractivity contribution in [3.63, 3.8) is 0 Å². The van der Waals surface area contributed by atoms with Crippen LogP contribution in [0, 0.1) is 11.8 Å². The van der Waals surface area contributed by atoms with Crippen LogP contribution in [-0.2, 0) is 5.41 Å². The Kier molecular flexibility index (Phi) is 5.80. The molecule has 3 nitrogen and oxygen atoms in total. The summed E-state index contributed by atoms with van der Waals surface area (Å²) in [5.41, 5.74) is 13.2. The Hall–Kier alpha value is -5.71. The molecule has 4 heterocycles. The number of furan rings is 1. The molecule has 0 amide bonds. The molecule has 0 radical (unpaired) electrons. The summed E-state index contributed by atoms with van der Waals surface area (Å²) in [7, 11) is 2.15. The third-order valence-electron chi connectivity index (χ3n) is 12.7. The lowest BCUT2D eigenvalue weighted by Crippen LogP contribution is -2.39. The van der Waals surface area contributed by atoms with Crippen molar-refractivity contribution in [1.29, 1.82) is 0 Å². The van der Waals surface area contributed by atoms with Crippen LogP contribution in [0.5, 0.6) is 0 Å². The van der Waals surface area contributed by atoms with Gasteiger partial charge in [0.2, 0.25) is 0 Å². The van der Waals surface area contributed by atoms with Gasteiger partial charge in [-0.1, -0.05) is 127 Å². The number of pyridine rings is 1. The summed E-state index contributed by atoms with van der Waals surface area (Å²) in [6, 6.07) is 40.5. The second-order valence-electron chi connectivity index (χ2n) is 15.0. The van der Waals surface area contributed by atoms with Crippen molar-refractivity contribution < 1.29 is 4.42 Å². The highest BCUT2D eigenvalue weighted by Crippen LogP contribution is 2.69. The van der Waals surface area contributed by atoms with E-state index in [4.69, 9.17) is 9.40 Å². The minimum absolute atomic E-state index is 0.115. The molecule has 7 aromatic rings. The van der Waals surface area contributed by atoms with Crippen LogP contribution >= 0.6 is 11.3 Å². The van der Waals surface area contributed by atoms with Crippen LogP contribution < -0.4 is 4.90 Å². The number of allylic oxidation sites excluding steroid dienone is 5. The van der Waals surface area contributed by atoms with Gasteiger partial charge < -0.3 is 9.32 Å². The topological polar surface area (TPSA) is 29.3 Å². The monoisotopic (exact) mass is 686 g/mol. The second kappa shape index (κ2) is 10.4. The fourth-order valence-corrected chi connectivity index (χ4v) is 12.0. The number of fused-ring (bicyclic) bond motifs is 17. The zero-order chi connectivity index (χ0) is 34.1. The number of likely N-dealkylation sites (N-methyl/N-ethyl adjacent to an activating group) is 1. The Morgan fingerprint density at radius 3 is 2.52 bits per heavy atom. The smallest absolute Gasteiger partial charge is 0.155 e. The molecule has 6 atom stereocenters. The van der Waals surface area contributed by atoms with Crippen molar-refractivity contribution in [1.82, 2.24) is 4.98 Å². The van der Waals surface area contributed by atoms with Crippen molar-refractivity contribution in [2.75, 3.05) is 11.9 Å². The first-order valence-electron chi connectivity index (χ1n) is 18.4. The first-order chi connectivity index (χ1) is 25.7. The van der Waals surface area contributed by atoms with Crippen LogP contribution in [0.3, 0.4) is 0 Å². The maximum Gasteiger partial charge on any atom is 0.155 e. The molecule has 52 heavy (non-hydrogen) atoms. The van der Waals surface area contributed by atoms with Crippen LogP contribution in [0.15, 0.2) is 150 Å². The zero-order valence-electron chi connectivity index (χ0n) is 28.6. The average molecular weight is 687 g/mol. The fraction of sp³-hybridized carbons (Fsp3) is 0.146. The fourth-order valence-electron chi connectivity index (χ4n) is 10.7. The molecule has 1 spiro atoms. The summed E-state index contributed by atoms with van der Waals surface area (Å²) >= 11 is 1.99. The van der Waals surface area contributed by atoms with E-state index in [1.165, 1.54) is 48.3 Å². The van der Waals surface area contributed by atoms with Crippen molar-refractivity contribution in [2.45, 2.75) is 23.3 Å². The number of thiophene rings is 1. The summed E-state index contributed by atoms with van der Waals surface area (Å²) < 4.78 is 7.76. The van der Waals surface area contributed by atoms with Crippen molar-refractivity contribution >= 4 is 50.4 Å². The lowest BCUT2D eigenvalue weighted by molar-refractivity contribution is 0.311. The Morgan fingerprint density at radius 2 is 1.58 bits per heavy atom. The number of aromatic nitrogens is 1. The van der Waals surface area contributed by atoms with Gasteiger partial charge in [0.25, 0.3) is 0 Å². The van der Waals surface area contributed by atoms with Gasteiger partial charge >= 0.3 is 0 Å². The molecule has 0 N–H and O–H groups in total. The van der Waals surface area contributed by atoms with Gasteiger partial charge in [-0.3, -0.25) is 0 Å². The molecule has 0 saturated heterocycles. The molecule has 3 aromatic heterocycles. The quantitative estimate of drug-likeness (QED) is 0.181. The number of nitrogens with zero attached hydrogens (tertiary/aromatic N) is 2. The van der Waals surface area contributed by atoms with Gasteiger partial charge in [0.1, 0.15) is 11.2 Å². The summed E-state index contributed by atoms with van der Waals surface area (Å²) in [5, 5.41) is 1.38. The molecular weight excluding hydrogens is 653 g/mol. The minimum Gasteiger partial charge on any atom is -0.453 e. The summed E-state index contributed by atoms with van der Waals surface area (Å²) in [6.45, 7) is 0. The van der Waals surface area contributed by atoms with Crippen LogP contribution in [0.4, 0.5) is 5.69 Å². The van der Waals surface area contributed by atoms with E-state index in [1.54, 1.807) is 0 Å². The van der Waals surface area contributed by atoms with Crippen LogP contribution in [0.25, 0.3) is 44.6 Å². The highest BCUT2D eigenvalue weighted by molar-refractivity contribution is 7.19. The number of hydrogen-bond donors (Lipinski definition) is 0. The van der Waals surface area contributed by atoms with E-state index in [0.29, 0.717) is 23.7 Å². The third-order valence-corrected chi connectivity index (χ3v) is 14.0. The van der Waals surface area contributed by atoms with Gasteiger partial charge in [-0.2, -0.15) is 0 Å². The van der Waals surface area contributed by atoms with Crippen molar-refractivity contribution in [3.8, 4) is 11.3 Å². The molecule has 4 heteroatoms. The van der Waals surface area contributed by atoms with Gasteiger partial charge in [0.15, 0.2) is 11.3 Å². The zero-order valence-corrected chi connectivity index (χ0v) is 29.4. The van der Waals surface area contributed by atoms with Crippen LogP contribution in [0.1, 0.15) is 61.9 Å². The maximum absolute atomic E-state index is 6.39.